The zero-order valence-electron chi connectivity index (χ0n) is 15.1. The lowest BCUT2D eigenvalue weighted by Gasteiger charge is -2.34. The van der Waals surface area contributed by atoms with Crippen molar-refractivity contribution >= 4 is 23.8 Å². The summed E-state index contributed by atoms with van der Waals surface area (Å²) >= 11 is 0. The lowest BCUT2D eigenvalue weighted by atomic mass is 9.90. The summed E-state index contributed by atoms with van der Waals surface area (Å²) in [6.45, 7) is 11.2. The lowest BCUT2D eigenvalue weighted by Crippen LogP contribution is -2.55. The molecule has 1 heterocycles. The Bertz CT molecular complexity index is 525. The number of rotatable bonds is 4. The Labute approximate surface area is 141 Å². The highest BCUT2D eigenvalue weighted by Gasteiger charge is 2.49. The second kappa shape index (κ2) is 6.78. The van der Waals surface area contributed by atoms with E-state index >= 15 is 0 Å². The molecule has 0 spiro atoms. The number of Topliss-reactive ketones (excluding diaryl/α,β-unsaturated/α-hetero) is 1. The third-order valence-electron chi connectivity index (χ3n) is 3.09. The maximum Gasteiger partial charge on any atom is 0.408 e. The Morgan fingerprint density at radius 1 is 1.12 bits per heavy atom. The summed E-state index contributed by atoms with van der Waals surface area (Å²) < 4.78 is 15.0. The van der Waals surface area contributed by atoms with Crippen molar-refractivity contribution in [2.45, 2.75) is 65.9 Å². The van der Waals surface area contributed by atoms with Crippen molar-refractivity contribution in [1.82, 2.24) is 5.32 Å². The van der Waals surface area contributed by atoms with Crippen molar-refractivity contribution in [1.29, 1.82) is 0 Å². The fourth-order valence-electron chi connectivity index (χ4n) is 2.13. The number of hydrogen-bond donors (Lipinski definition) is 1. The number of carbonyl (C=O) groups excluding carboxylic acids is 4. The molecule has 1 atom stereocenters. The summed E-state index contributed by atoms with van der Waals surface area (Å²) in [4.78, 5) is 48.5. The maximum absolute atomic E-state index is 12.6. The molecule has 1 rings (SSSR count). The molecule has 0 radical (unpaired) electrons. The number of hydrogen-bond acceptors (Lipinski definition) is 7. The van der Waals surface area contributed by atoms with Crippen LogP contribution in [-0.4, -0.2) is 41.2 Å². The number of esters is 2. The van der Waals surface area contributed by atoms with Crippen LogP contribution in [0.1, 0.15) is 48.5 Å². The average molecular weight is 343 g/mol. The first-order valence-electron chi connectivity index (χ1n) is 7.72. The van der Waals surface area contributed by atoms with E-state index in [4.69, 9.17) is 14.2 Å². The molecule has 8 nitrogen and oxygen atoms in total. The minimum Gasteiger partial charge on any atom is -0.444 e. The number of ketones is 1. The molecule has 1 amide bonds. The summed E-state index contributed by atoms with van der Waals surface area (Å²) in [5, 5.41) is 2.41. The van der Waals surface area contributed by atoms with Crippen LogP contribution in [0.4, 0.5) is 4.79 Å². The molecule has 1 fully saturated rings. The quantitative estimate of drug-likeness (QED) is 0.609. The maximum atomic E-state index is 12.6. The topological polar surface area (TPSA) is 108 Å². The van der Waals surface area contributed by atoms with Gasteiger partial charge in [-0.25, -0.2) is 4.79 Å². The summed E-state index contributed by atoms with van der Waals surface area (Å²) in [6.07, 6.45) is -0.813. The number of cyclic esters (lactones) is 2. The van der Waals surface area contributed by atoms with Gasteiger partial charge in [0, 0.05) is 13.8 Å². The Balaban J connectivity index is 2.93. The van der Waals surface area contributed by atoms with Crippen molar-refractivity contribution < 1.29 is 33.4 Å². The summed E-state index contributed by atoms with van der Waals surface area (Å²) in [6, 6.07) is -1.09. The molecule has 0 aromatic carbocycles. The first-order chi connectivity index (χ1) is 10.7. The van der Waals surface area contributed by atoms with Crippen LogP contribution in [-0.2, 0) is 28.6 Å². The third-order valence-corrected chi connectivity index (χ3v) is 3.09. The van der Waals surface area contributed by atoms with Crippen LogP contribution in [0, 0.1) is 11.8 Å². The van der Waals surface area contributed by atoms with Gasteiger partial charge in [-0.05, 0) is 26.7 Å². The molecule has 0 unspecified atom stereocenters. The van der Waals surface area contributed by atoms with Crippen molar-refractivity contribution in [2.75, 3.05) is 0 Å². The monoisotopic (exact) mass is 343 g/mol. The van der Waals surface area contributed by atoms with E-state index in [-0.39, 0.29) is 5.92 Å². The van der Waals surface area contributed by atoms with E-state index < -0.39 is 47.2 Å². The standard InChI is InChI=1S/C16H25NO7/c1-8(2)10(17-14(21)24-15(3,4)5)11(18)9-12(19)22-16(6,7)23-13(9)20/h8-10H,1-7H3,(H,17,21)/t10-/m0/s1. The number of carbonyl (C=O) groups is 4. The van der Waals surface area contributed by atoms with Crippen LogP contribution in [0.15, 0.2) is 0 Å². The highest BCUT2D eigenvalue weighted by Crippen LogP contribution is 2.25. The minimum absolute atomic E-state index is 0.374. The average Bonchev–Trinajstić information content (AvgIpc) is 2.30. The highest BCUT2D eigenvalue weighted by molar-refractivity contribution is 6.17. The predicted octanol–water partition coefficient (Wildman–Crippen LogP) is 1.56. The van der Waals surface area contributed by atoms with Crippen LogP contribution in [0.2, 0.25) is 0 Å². The van der Waals surface area contributed by atoms with Gasteiger partial charge in [-0.3, -0.25) is 14.4 Å². The zero-order valence-corrected chi connectivity index (χ0v) is 15.1. The van der Waals surface area contributed by atoms with Crippen molar-refractivity contribution in [3.8, 4) is 0 Å². The van der Waals surface area contributed by atoms with Gasteiger partial charge in [0.15, 0.2) is 5.78 Å². The number of nitrogens with one attached hydrogen (secondary N) is 1. The number of amides is 1. The Hall–Kier alpha value is -2.12. The van der Waals surface area contributed by atoms with Gasteiger partial charge in [-0.1, -0.05) is 13.8 Å². The molecule has 0 aliphatic carbocycles. The van der Waals surface area contributed by atoms with E-state index in [1.54, 1.807) is 34.6 Å². The predicted molar refractivity (Wildman–Crippen MR) is 82.8 cm³/mol. The Morgan fingerprint density at radius 2 is 1.58 bits per heavy atom. The van der Waals surface area contributed by atoms with Crippen LogP contribution >= 0.6 is 0 Å². The van der Waals surface area contributed by atoms with Gasteiger partial charge < -0.3 is 19.5 Å². The number of ether oxygens (including phenoxy) is 3. The summed E-state index contributed by atoms with van der Waals surface area (Å²) in [5.41, 5.74) is -0.749. The van der Waals surface area contributed by atoms with Crippen LogP contribution in [0.25, 0.3) is 0 Å². The molecule has 0 bridgehead atoms. The van der Waals surface area contributed by atoms with Gasteiger partial charge in [-0.15, -0.1) is 0 Å². The fourth-order valence-corrected chi connectivity index (χ4v) is 2.13. The Morgan fingerprint density at radius 3 is 1.96 bits per heavy atom. The van der Waals surface area contributed by atoms with Gasteiger partial charge in [0.1, 0.15) is 5.60 Å². The highest BCUT2D eigenvalue weighted by atomic mass is 16.7. The van der Waals surface area contributed by atoms with E-state index in [0.29, 0.717) is 0 Å². The van der Waals surface area contributed by atoms with E-state index in [9.17, 15) is 19.2 Å². The molecule has 136 valence electrons. The second-order valence-corrected chi connectivity index (χ2v) is 7.45. The van der Waals surface area contributed by atoms with Crippen molar-refractivity contribution in [3.05, 3.63) is 0 Å². The van der Waals surface area contributed by atoms with Gasteiger partial charge >= 0.3 is 18.0 Å². The normalized spacial score (nSPS) is 19.3. The molecule has 0 saturated carbocycles. The van der Waals surface area contributed by atoms with E-state index in [2.05, 4.69) is 5.32 Å². The van der Waals surface area contributed by atoms with Crippen LogP contribution in [0.5, 0.6) is 0 Å². The van der Waals surface area contributed by atoms with Gasteiger partial charge in [0.25, 0.3) is 5.79 Å². The lowest BCUT2D eigenvalue weighted by molar-refractivity contribution is -0.238. The molecule has 24 heavy (non-hydrogen) atoms. The zero-order chi connectivity index (χ0) is 18.9. The molecule has 1 N–H and O–H groups in total. The SMILES string of the molecule is CC(C)[C@H](NC(=O)OC(C)(C)C)C(=O)C1C(=O)OC(C)(C)OC1=O. The summed E-state index contributed by atoms with van der Waals surface area (Å²) in [5.74, 6) is -6.28. The fraction of sp³-hybridized carbons (Fsp3) is 0.750. The first-order valence-corrected chi connectivity index (χ1v) is 7.72. The molecule has 1 saturated heterocycles. The van der Waals surface area contributed by atoms with Crippen molar-refractivity contribution in [3.63, 3.8) is 0 Å². The van der Waals surface area contributed by atoms with E-state index in [1.807, 2.05) is 0 Å². The number of alkyl carbamates (subject to hydrolysis) is 1. The first kappa shape index (κ1) is 19.9. The van der Waals surface area contributed by atoms with E-state index in [1.165, 1.54) is 13.8 Å². The summed E-state index contributed by atoms with van der Waals surface area (Å²) in [7, 11) is 0. The minimum atomic E-state index is -1.72. The van der Waals surface area contributed by atoms with Crippen molar-refractivity contribution in [2.24, 2.45) is 11.8 Å². The molecule has 0 aromatic rings. The molecule has 1 aliphatic heterocycles. The smallest absolute Gasteiger partial charge is 0.408 e. The van der Waals surface area contributed by atoms with E-state index in [0.717, 1.165) is 0 Å². The van der Waals surface area contributed by atoms with Gasteiger partial charge in [0.2, 0.25) is 5.92 Å². The molecule has 1 aliphatic rings. The molecule has 0 aromatic heterocycles. The second-order valence-electron chi connectivity index (χ2n) is 7.45. The molecular weight excluding hydrogens is 318 g/mol. The largest absolute Gasteiger partial charge is 0.444 e. The van der Waals surface area contributed by atoms with Gasteiger partial charge in [0.05, 0.1) is 6.04 Å². The Kier molecular flexibility index (Phi) is 5.63. The third kappa shape index (κ3) is 5.21. The van der Waals surface area contributed by atoms with Crippen LogP contribution in [0.3, 0.4) is 0 Å². The van der Waals surface area contributed by atoms with Gasteiger partial charge in [-0.2, -0.15) is 0 Å². The molecular formula is C16H25NO7. The molecule has 8 heteroatoms. The van der Waals surface area contributed by atoms with Crippen LogP contribution < -0.4 is 5.32 Å².